The van der Waals surface area contributed by atoms with Crippen molar-refractivity contribution in [3.05, 3.63) is 48.0 Å². The molecule has 0 unspecified atom stereocenters. The van der Waals surface area contributed by atoms with Crippen LogP contribution >= 0.6 is 11.9 Å². The van der Waals surface area contributed by atoms with Crippen molar-refractivity contribution < 1.29 is 27.2 Å². The van der Waals surface area contributed by atoms with Crippen molar-refractivity contribution in [2.24, 2.45) is 5.92 Å². The number of nitrogens with one attached hydrogen (secondary N) is 2. The smallest absolute Gasteiger partial charge is 0.422 e. The summed E-state index contributed by atoms with van der Waals surface area (Å²) in [5, 5.41) is 7.06. The van der Waals surface area contributed by atoms with Gasteiger partial charge in [-0.05, 0) is 67.3 Å². The number of fused-ring (bicyclic) bond motifs is 1. The fraction of sp³-hybridized carbons (Fsp3) is 0.440. The molecular weight excluding hydrogens is 479 g/mol. The van der Waals surface area contributed by atoms with Gasteiger partial charge < -0.3 is 14.6 Å². The second-order valence-corrected chi connectivity index (χ2v) is 9.60. The van der Waals surface area contributed by atoms with Crippen molar-refractivity contribution in [3.63, 3.8) is 0 Å². The minimum atomic E-state index is -4.48. The number of aromatic nitrogens is 1. The van der Waals surface area contributed by atoms with Gasteiger partial charge in [-0.25, -0.2) is 4.79 Å². The standard InChI is InChI=1S/C25H28F3N3O3S/c1-2-4-16-7-9-17(10-8-16)18-11-13-19(14-12-18)29-24(32)31-35-23-22-20(33-15-25(26,27)28)5-3-6-21(22)34-30-23/h3,5-6,11-14,16-17H,2,4,7-10,15H2,1H3,(H2,29,31,32). The molecule has 4 rings (SSSR count). The van der Waals surface area contributed by atoms with Gasteiger partial charge in [-0.2, -0.15) is 13.2 Å². The first-order chi connectivity index (χ1) is 16.8. The van der Waals surface area contributed by atoms with Gasteiger partial charge in [-0.15, -0.1) is 0 Å². The number of anilines is 1. The first kappa shape index (κ1) is 25.2. The Kier molecular flexibility index (Phi) is 8.10. The lowest BCUT2D eigenvalue weighted by molar-refractivity contribution is -0.153. The molecule has 35 heavy (non-hydrogen) atoms. The van der Waals surface area contributed by atoms with Crippen LogP contribution in [0.15, 0.2) is 52.0 Å². The summed E-state index contributed by atoms with van der Waals surface area (Å²) in [6.45, 7) is 0.802. The first-order valence-electron chi connectivity index (χ1n) is 11.7. The van der Waals surface area contributed by atoms with E-state index in [0.29, 0.717) is 11.6 Å². The van der Waals surface area contributed by atoms with Crippen LogP contribution < -0.4 is 14.8 Å². The predicted octanol–water partition coefficient (Wildman–Crippen LogP) is 7.67. The van der Waals surface area contributed by atoms with E-state index in [0.717, 1.165) is 17.9 Å². The molecule has 0 bridgehead atoms. The van der Waals surface area contributed by atoms with Crippen LogP contribution in [-0.2, 0) is 0 Å². The highest BCUT2D eigenvalue weighted by Crippen LogP contribution is 2.38. The number of amides is 2. The van der Waals surface area contributed by atoms with Crippen molar-refractivity contribution in [2.45, 2.75) is 62.6 Å². The van der Waals surface area contributed by atoms with Crippen LogP contribution in [0.25, 0.3) is 11.0 Å². The molecule has 1 aromatic heterocycles. The van der Waals surface area contributed by atoms with Gasteiger partial charge in [0, 0.05) is 17.6 Å². The summed E-state index contributed by atoms with van der Waals surface area (Å²) in [5.74, 6) is 1.40. The first-order valence-corrected chi connectivity index (χ1v) is 12.6. The van der Waals surface area contributed by atoms with E-state index >= 15 is 0 Å². The number of ether oxygens (including phenoxy) is 1. The van der Waals surface area contributed by atoms with Gasteiger partial charge in [-0.3, -0.25) is 4.72 Å². The van der Waals surface area contributed by atoms with Gasteiger partial charge in [0.2, 0.25) is 0 Å². The number of hydrogen-bond acceptors (Lipinski definition) is 5. The third kappa shape index (κ3) is 6.84. The van der Waals surface area contributed by atoms with E-state index in [1.54, 1.807) is 6.07 Å². The van der Waals surface area contributed by atoms with Gasteiger partial charge in [0.25, 0.3) is 0 Å². The fourth-order valence-corrected chi connectivity index (χ4v) is 5.18. The molecule has 1 aliphatic carbocycles. The van der Waals surface area contributed by atoms with Crippen molar-refractivity contribution in [1.29, 1.82) is 0 Å². The lowest BCUT2D eigenvalue weighted by Crippen LogP contribution is -2.22. The number of alkyl halides is 3. The Morgan fingerprint density at radius 2 is 1.89 bits per heavy atom. The van der Waals surface area contributed by atoms with Crippen molar-refractivity contribution in [1.82, 2.24) is 9.88 Å². The van der Waals surface area contributed by atoms with E-state index in [-0.39, 0.29) is 21.7 Å². The maximum Gasteiger partial charge on any atom is 0.422 e. The Morgan fingerprint density at radius 1 is 1.14 bits per heavy atom. The highest BCUT2D eigenvalue weighted by atomic mass is 32.2. The number of carbonyl (C=O) groups is 1. The molecule has 188 valence electrons. The molecule has 0 aliphatic heterocycles. The van der Waals surface area contributed by atoms with Crippen LogP contribution in [0.2, 0.25) is 0 Å². The maximum absolute atomic E-state index is 12.6. The van der Waals surface area contributed by atoms with Gasteiger partial charge >= 0.3 is 12.2 Å². The third-order valence-electron chi connectivity index (χ3n) is 6.24. The summed E-state index contributed by atoms with van der Waals surface area (Å²) < 4.78 is 50.3. The summed E-state index contributed by atoms with van der Waals surface area (Å²) >= 11 is 0.833. The van der Waals surface area contributed by atoms with Crippen molar-refractivity contribution >= 4 is 34.6 Å². The van der Waals surface area contributed by atoms with Crippen LogP contribution in [-0.4, -0.2) is 24.0 Å². The summed E-state index contributed by atoms with van der Waals surface area (Å²) in [5.41, 5.74) is 2.19. The topological polar surface area (TPSA) is 76.4 Å². The summed E-state index contributed by atoms with van der Waals surface area (Å²) in [4.78, 5) is 12.4. The Bertz CT molecular complexity index is 1130. The molecule has 6 nitrogen and oxygen atoms in total. The van der Waals surface area contributed by atoms with Crippen molar-refractivity contribution in [2.75, 3.05) is 11.9 Å². The molecule has 0 spiro atoms. The second kappa shape index (κ2) is 11.2. The van der Waals surface area contributed by atoms with Gasteiger partial charge in [0.05, 0.1) is 5.39 Å². The molecule has 10 heteroatoms. The molecule has 0 radical (unpaired) electrons. The molecule has 1 aliphatic rings. The lowest BCUT2D eigenvalue weighted by atomic mass is 9.77. The SMILES string of the molecule is CCCC1CCC(c2ccc(NC(=O)NSc3noc4cccc(OCC(F)(F)F)c34)cc2)CC1. The van der Waals surface area contributed by atoms with Gasteiger partial charge in [0.1, 0.15) is 5.75 Å². The van der Waals surface area contributed by atoms with E-state index in [4.69, 9.17) is 9.26 Å². The molecule has 3 aromatic rings. The average molecular weight is 508 g/mol. The van der Waals surface area contributed by atoms with E-state index < -0.39 is 18.8 Å². The van der Waals surface area contributed by atoms with Crippen molar-refractivity contribution in [3.8, 4) is 5.75 Å². The minimum absolute atomic E-state index is 0.0231. The number of benzene rings is 2. The predicted molar refractivity (Wildman–Crippen MR) is 130 cm³/mol. The zero-order valence-electron chi connectivity index (χ0n) is 19.4. The highest BCUT2D eigenvalue weighted by molar-refractivity contribution is 7.98. The average Bonchev–Trinajstić information content (AvgIpc) is 3.26. The Hall–Kier alpha value is -2.88. The van der Waals surface area contributed by atoms with Crippen LogP contribution in [0.4, 0.5) is 23.7 Å². The summed E-state index contributed by atoms with van der Waals surface area (Å²) in [7, 11) is 0. The minimum Gasteiger partial charge on any atom is -0.483 e. The normalized spacial score (nSPS) is 18.4. The molecule has 2 amide bonds. The fourth-order valence-electron chi connectivity index (χ4n) is 4.57. The number of nitrogens with zero attached hydrogens (tertiary/aromatic N) is 1. The molecule has 2 N–H and O–H groups in total. The molecular formula is C25H28F3N3O3S. The number of urea groups is 1. The van der Waals surface area contributed by atoms with Crippen LogP contribution in [0.1, 0.15) is 56.9 Å². The van der Waals surface area contributed by atoms with E-state index in [9.17, 15) is 18.0 Å². The number of carbonyl (C=O) groups excluding carboxylic acids is 1. The molecule has 1 fully saturated rings. The van der Waals surface area contributed by atoms with E-state index in [1.807, 2.05) is 12.1 Å². The Morgan fingerprint density at radius 3 is 2.57 bits per heavy atom. The number of rotatable bonds is 8. The number of halogens is 3. The monoisotopic (exact) mass is 507 g/mol. The largest absolute Gasteiger partial charge is 0.483 e. The van der Waals surface area contributed by atoms with E-state index in [2.05, 4.69) is 34.3 Å². The van der Waals surface area contributed by atoms with Crippen LogP contribution in [0.5, 0.6) is 5.75 Å². The zero-order valence-corrected chi connectivity index (χ0v) is 20.2. The van der Waals surface area contributed by atoms with E-state index in [1.165, 1.54) is 56.2 Å². The lowest BCUT2D eigenvalue weighted by Gasteiger charge is -2.28. The quantitative estimate of drug-likeness (QED) is 0.306. The van der Waals surface area contributed by atoms with Gasteiger partial charge in [-0.1, -0.05) is 43.1 Å². The Labute approximate surface area is 206 Å². The van der Waals surface area contributed by atoms with Crippen LogP contribution in [0, 0.1) is 5.92 Å². The molecule has 1 saturated carbocycles. The molecule has 0 saturated heterocycles. The summed E-state index contributed by atoms with van der Waals surface area (Å²) in [6.07, 6.45) is 3.04. The third-order valence-corrected chi connectivity index (χ3v) is 7.00. The number of hydrogen-bond donors (Lipinski definition) is 2. The zero-order chi connectivity index (χ0) is 24.8. The van der Waals surface area contributed by atoms with Crippen LogP contribution in [0.3, 0.4) is 0 Å². The molecule has 1 heterocycles. The Balaban J connectivity index is 1.32. The second-order valence-electron chi connectivity index (χ2n) is 8.81. The highest BCUT2D eigenvalue weighted by Gasteiger charge is 2.29. The van der Waals surface area contributed by atoms with Gasteiger partial charge in [0.15, 0.2) is 17.2 Å². The molecule has 0 atom stereocenters. The maximum atomic E-state index is 12.6. The summed E-state index contributed by atoms with van der Waals surface area (Å²) in [6, 6.07) is 11.9. The molecule has 2 aromatic carbocycles.